The number of aliphatic hydroxyl groups is 4. The van der Waals surface area contributed by atoms with E-state index in [9.17, 15) is 49.2 Å². The molecule has 0 saturated heterocycles. The highest BCUT2D eigenvalue weighted by molar-refractivity contribution is 6.45. The number of carbonyl (C=O) groups is 6. The second-order valence-electron chi connectivity index (χ2n) is 5.41. The van der Waals surface area contributed by atoms with Crippen molar-refractivity contribution < 1.29 is 60.8 Å². The maximum absolute atomic E-state index is 12.5. The summed E-state index contributed by atoms with van der Waals surface area (Å²) in [5.74, 6) is -12.0. The molecule has 0 spiro atoms. The molecule has 4 N–H and O–H groups in total. The van der Waals surface area contributed by atoms with Crippen LogP contribution in [0.2, 0.25) is 0 Å². The molecular weight excluding hydrogens is 368 g/mol. The fourth-order valence-electron chi connectivity index (χ4n) is 2.31. The number of hydrogen-bond acceptors (Lipinski definition) is 11. The third-order valence-corrected chi connectivity index (χ3v) is 3.77. The molecule has 0 heterocycles. The first kappa shape index (κ1) is 16.8. The second kappa shape index (κ2) is 8.13. The van der Waals surface area contributed by atoms with E-state index in [4.69, 9.17) is 6.85 Å². The maximum atomic E-state index is 12.5. The van der Waals surface area contributed by atoms with E-state index in [0.29, 0.717) is 0 Å². The third-order valence-electron chi connectivity index (χ3n) is 3.77. The number of hydrogen-bond donors (Lipinski definition) is 4. The van der Waals surface area contributed by atoms with Crippen molar-refractivity contribution in [3.63, 3.8) is 0 Å². The molecule has 0 aliphatic rings. The van der Waals surface area contributed by atoms with Gasteiger partial charge in [0.15, 0.2) is 28.7 Å². The van der Waals surface area contributed by atoms with Crippen molar-refractivity contribution in [2.75, 3.05) is 6.61 Å². The van der Waals surface area contributed by atoms with E-state index in [1.165, 1.54) is 0 Å². The summed E-state index contributed by atoms with van der Waals surface area (Å²) in [5, 5.41) is 43.2. The number of carbonyl (C=O) groups excluding carboxylic acids is 6. The van der Waals surface area contributed by atoms with Crippen molar-refractivity contribution >= 4 is 34.9 Å². The molecule has 0 aliphatic carbocycles. The highest BCUT2D eigenvalue weighted by Gasteiger charge is 2.74. The minimum Gasteiger partial charge on any atom is -0.463 e. The van der Waals surface area contributed by atoms with Crippen LogP contribution in [0.5, 0.6) is 0 Å². The van der Waals surface area contributed by atoms with Crippen LogP contribution in [0.25, 0.3) is 0 Å². The van der Waals surface area contributed by atoms with Gasteiger partial charge in [0.25, 0.3) is 0 Å². The summed E-state index contributed by atoms with van der Waals surface area (Å²) in [4.78, 5) is 72.8. The molecule has 0 bridgehead atoms. The van der Waals surface area contributed by atoms with E-state index in [1.807, 2.05) is 0 Å². The molecule has 11 heteroatoms. The Kier molecular flexibility index (Phi) is 5.06. The van der Waals surface area contributed by atoms with Crippen LogP contribution in [0, 0.1) is 0 Å². The molecule has 0 aromatic heterocycles. The Labute approximate surface area is 160 Å². The van der Waals surface area contributed by atoms with Crippen LogP contribution >= 0.6 is 0 Å². The fraction of sp³-hybridized carbons (Fsp3) is 0.625. The van der Waals surface area contributed by atoms with Crippen LogP contribution in [0.15, 0.2) is 0 Å². The zero-order chi connectivity index (χ0) is 25.5. The minimum atomic E-state index is -4.52. The van der Waals surface area contributed by atoms with E-state index in [-0.39, 0.29) is 0 Å². The van der Waals surface area contributed by atoms with Crippen LogP contribution in [-0.2, 0) is 33.5 Å². The summed E-state index contributed by atoms with van der Waals surface area (Å²) in [6.45, 7) is -8.81. The van der Waals surface area contributed by atoms with Gasteiger partial charge in [-0.2, -0.15) is 0 Å². The molecule has 0 amide bonds. The maximum Gasteiger partial charge on any atom is 0.302 e. The molecule has 152 valence electrons. The van der Waals surface area contributed by atoms with E-state index in [1.54, 1.807) is 0 Å². The number of aliphatic hydroxyl groups excluding tert-OH is 1. The van der Waals surface area contributed by atoms with E-state index >= 15 is 0 Å². The Morgan fingerprint density at radius 1 is 0.889 bits per heavy atom. The molecule has 4 atom stereocenters. The van der Waals surface area contributed by atoms with Crippen LogP contribution in [0.1, 0.15) is 41.4 Å². The SMILES string of the molecule is [2H]CC(=O)OC[C@@H](O)[C@](O)(C(=O)C[2H])[C@@](O)(C(=O)C[2H])[C@](O)(C(=O)C[2H])C(=O)C(=O)C[2H]. The predicted octanol–water partition coefficient (Wildman–Crippen LogP) is -2.97. The first-order valence-corrected chi connectivity index (χ1v) is 6.86. The standard InChI is InChI=1S/C16H22O11/c1-7(17)13(23)15(25,9(3)19)16(26,10(4)20)14(24,8(2)18)12(22)6-27-11(5)21/h12,22,24-26H,6H2,1-5H3/t12-,14-,15+,16+/m1/s1/i1D,2D,3D,4D,5D. The van der Waals surface area contributed by atoms with Gasteiger partial charge in [0.05, 0.1) is 0 Å². The number of Topliss-reactive ketones (excluding diaryl/α,β-unsaturated/α-hetero) is 5. The second-order valence-corrected chi connectivity index (χ2v) is 5.41. The van der Waals surface area contributed by atoms with Gasteiger partial charge >= 0.3 is 5.97 Å². The van der Waals surface area contributed by atoms with Gasteiger partial charge in [-0.3, -0.25) is 28.8 Å². The van der Waals surface area contributed by atoms with Crippen LogP contribution < -0.4 is 0 Å². The smallest absolute Gasteiger partial charge is 0.302 e. The van der Waals surface area contributed by atoms with Gasteiger partial charge in [0.2, 0.25) is 17.0 Å². The zero-order valence-electron chi connectivity index (χ0n) is 19.0. The Hall–Kier alpha value is -2.34. The van der Waals surface area contributed by atoms with Crippen molar-refractivity contribution in [1.82, 2.24) is 0 Å². The molecule has 0 unspecified atom stereocenters. The number of rotatable bonds is 10. The number of ether oxygens (including phenoxy) is 1. The Balaban J connectivity index is 7.32. The van der Waals surface area contributed by atoms with E-state index in [2.05, 4.69) is 4.74 Å². The lowest BCUT2D eigenvalue weighted by atomic mass is 9.61. The van der Waals surface area contributed by atoms with Crippen LogP contribution in [-0.4, -0.2) is 84.8 Å². The lowest BCUT2D eigenvalue weighted by molar-refractivity contribution is -0.247. The monoisotopic (exact) mass is 395 g/mol. The van der Waals surface area contributed by atoms with Gasteiger partial charge in [-0.05, 0) is 20.7 Å². The molecule has 0 aliphatic heterocycles. The van der Waals surface area contributed by atoms with Crippen molar-refractivity contribution in [2.24, 2.45) is 0 Å². The van der Waals surface area contributed by atoms with Crippen LogP contribution in [0.4, 0.5) is 0 Å². The Bertz CT molecular complexity index is 790. The zero-order valence-corrected chi connectivity index (χ0v) is 14.0. The lowest BCUT2D eigenvalue weighted by Gasteiger charge is -2.48. The van der Waals surface area contributed by atoms with Gasteiger partial charge in [-0.1, -0.05) is 0 Å². The van der Waals surface area contributed by atoms with E-state index < -0.39 is 98.9 Å². The largest absolute Gasteiger partial charge is 0.463 e. The topological polar surface area (TPSA) is 193 Å². The van der Waals surface area contributed by atoms with Crippen molar-refractivity contribution in [1.29, 1.82) is 0 Å². The summed E-state index contributed by atoms with van der Waals surface area (Å²) in [6.07, 6.45) is -2.94. The van der Waals surface area contributed by atoms with Gasteiger partial charge in [-0.25, -0.2) is 0 Å². The van der Waals surface area contributed by atoms with Crippen molar-refractivity contribution in [3.05, 3.63) is 0 Å². The van der Waals surface area contributed by atoms with Gasteiger partial charge in [-0.15, -0.1) is 0 Å². The predicted molar refractivity (Wildman–Crippen MR) is 85.2 cm³/mol. The average molecular weight is 395 g/mol. The normalized spacial score (nSPS) is 21.3. The lowest BCUT2D eigenvalue weighted by Crippen LogP contribution is -2.81. The first-order chi connectivity index (χ1) is 14.7. The summed E-state index contributed by atoms with van der Waals surface area (Å²) in [7, 11) is 0. The minimum absolute atomic E-state index is 1.02. The summed E-state index contributed by atoms with van der Waals surface area (Å²) >= 11 is 0. The quantitative estimate of drug-likeness (QED) is 0.168. The van der Waals surface area contributed by atoms with Crippen molar-refractivity contribution in [3.8, 4) is 0 Å². The summed E-state index contributed by atoms with van der Waals surface area (Å²) in [5.41, 5.74) is -13.2. The Morgan fingerprint density at radius 2 is 1.44 bits per heavy atom. The molecule has 0 saturated carbocycles. The molecule has 27 heavy (non-hydrogen) atoms. The highest BCUT2D eigenvalue weighted by Crippen LogP contribution is 2.39. The van der Waals surface area contributed by atoms with Gasteiger partial charge in [0.1, 0.15) is 12.7 Å². The number of esters is 1. The summed E-state index contributed by atoms with van der Waals surface area (Å²) in [6, 6.07) is 0. The van der Waals surface area contributed by atoms with Crippen molar-refractivity contribution in [2.45, 2.75) is 57.4 Å². The highest BCUT2D eigenvalue weighted by atomic mass is 16.5. The summed E-state index contributed by atoms with van der Waals surface area (Å²) < 4.78 is 39.5. The fourth-order valence-corrected chi connectivity index (χ4v) is 2.31. The molecule has 0 rings (SSSR count). The van der Waals surface area contributed by atoms with Gasteiger partial charge < -0.3 is 25.2 Å². The molecule has 0 radical (unpaired) electrons. The third kappa shape index (κ3) is 3.72. The molecule has 0 aromatic carbocycles. The van der Waals surface area contributed by atoms with E-state index in [0.717, 1.165) is 0 Å². The molecule has 0 fully saturated rings. The van der Waals surface area contributed by atoms with Crippen LogP contribution in [0.3, 0.4) is 0 Å². The molecule has 0 aromatic rings. The first-order valence-electron chi connectivity index (χ1n) is 10.4. The Morgan fingerprint density at radius 3 is 1.89 bits per heavy atom. The van der Waals surface area contributed by atoms with Gasteiger partial charge in [0, 0.05) is 20.7 Å². The molecule has 11 nitrogen and oxygen atoms in total. The number of ketones is 5. The molecular formula is C16H22O11. The average Bonchev–Trinajstić information content (AvgIpc) is 2.82.